The van der Waals surface area contributed by atoms with Crippen molar-refractivity contribution in [2.75, 3.05) is 13.1 Å². The molecule has 2 aromatic rings. The minimum atomic E-state index is -1.13. The largest absolute Gasteiger partial charge is 0.350 e. The number of amides is 3. The van der Waals surface area contributed by atoms with E-state index in [1.807, 2.05) is 0 Å². The van der Waals surface area contributed by atoms with Gasteiger partial charge in [0.2, 0.25) is 0 Å². The summed E-state index contributed by atoms with van der Waals surface area (Å²) in [4.78, 5) is 47.4. The third kappa shape index (κ3) is 5.89. The number of nitrogens with two attached hydrogens (primary N) is 1. The first-order valence-corrected chi connectivity index (χ1v) is 12.6. The molecule has 11 heteroatoms. The molecule has 3 N–H and O–H groups in total. The second-order valence-corrected chi connectivity index (χ2v) is 10.0. The molecule has 0 radical (unpaired) electrons. The van der Waals surface area contributed by atoms with Crippen molar-refractivity contribution in [3.05, 3.63) is 62.9 Å². The van der Waals surface area contributed by atoms with Gasteiger partial charge in [0, 0.05) is 36.9 Å². The molecule has 1 saturated carbocycles. The highest BCUT2D eigenvalue weighted by atomic mass is 35.5. The number of carbonyl (C=O) groups excluding carboxylic acids is 3. The van der Waals surface area contributed by atoms with Crippen LogP contribution in [0.3, 0.4) is 0 Å². The Hall–Kier alpha value is -2.39. The molecule has 2 fully saturated rings. The Bertz CT molecular complexity index is 1110. The Labute approximate surface area is 218 Å². The van der Waals surface area contributed by atoms with Crippen LogP contribution in [0.5, 0.6) is 0 Å². The third-order valence-electron chi connectivity index (χ3n) is 6.40. The Morgan fingerprint density at radius 3 is 2.11 bits per heavy atom. The number of pyridine rings is 1. The summed E-state index contributed by atoms with van der Waals surface area (Å²) in [5, 5.41) is 3.85. The zero-order chi connectivity index (χ0) is 25.1. The van der Waals surface area contributed by atoms with E-state index >= 15 is 0 Å². The molecule has 1 unspecified atom stereocenters. The van der Waals surface area contributed by atoms with Crippen LogP contribution in [-0.2, 0) is 4.79 Å². The van der Waals surface area contributed by atoms with Gasteiger partial charge in [-0.2, -0.15) is 0 Å². The van der Waals surface area contributed by atoms with Gasteiger partial charge in [-0.15, -0.1) is 0 Å². The summed E-state index contributed by atoms with van der Waals surface area (Å²) >= 11 is 18.0. The van der Waals surface area contributed by atoms with Gasteiger partial charge in [0.15, 0.2) is 6.17 Å². The van der Waals surface area contributed by atoms with Gasteiger partial charge < -0.3 is 20.9 Å². The molecule has 8 nitrogen and oxygen atoms in total. The molecule has 0 spiro atoms. The number of rotatable bonds is 4. The first kappa shape index (κ1) is 25.7. The fourth-order valence-corrected chi connectivity index (χ4v) is 4.94. The zero-order valence-corrected chi connectivity index (χ0v) is 21.2. The normalized spacial score (nSPS) is 22.6. The second kappa shape index (κ2) is 11.1. The van der Waals surface area contributed by atoms with Crippen LogP contribution >= 0.6 is 34.8 Å². The summed E-state index contributed by atoms with van der Waals surface area (Å²) < 4.78 is 0. The monoisotopic (exact) mass is 537 g/mol. The summed E-state index contributed by atoms with van der Waals surface area (Å²) in [5.74, 6) is -1.23. The van der Waals surface area contributed by atoms with Crippen molar-refractivity contribution in [2.24, 2.45) is 5.73 Å². The molecule has 35 heavy (non-hydrogen) atoms. The van der Waals surface area contributed by atoms with E-state index in [-0.39, 0.29) is 33.4 Å². The van der Waals surface area contributed by atoms with Gasteiger partial charge in [0.05, 0.1) is 15.6 Å². The van der Waals surface area contributed by atoms with Gasteiger partial charge in [-0.05, 0) is 62.4 Å². The molecule has 4 rings (SSSR count). The van der Waals surface area contributed by atoms with E-state index in [0.29, 0.717) is 24.5 Å². The quantitative estimate of drug-likeness (QED) is 0.577. The second-order valence-electron chi connectivity index (χ2n) is 8.84. The Morgan fingerprint density at radius 2 is 1.51 bits per heavy atom. The van der Waals surface area contributed by atoms with Gasteiger partial charge in [-0.25, -0.2) is 4.98 Å². The van der Waals surface area contributed by atoms with E-state index in [4.69, 9.17) is 40.5 Å². The fourth-order valence-electron chi connectivity index (χ4n) is 4.53. The molecule has 2 heterocycles. The van der Waals surface area contributed by atoms with Crippen molar-refractivity contribution in [1.29, 1.82) is 0 Å². The number of nitrogens with one attached hydrogen (secondary N) is 1. The summed E-state index contributed by atoms with van der Waals surface area (Å²) in [6.45, 7) is 0.607. The van der Waals surface area contributed by atoms with Crippen LogP contribution < -0.4 is 11.1 Å². The molecule has 2 aliphatic rings. The molecule has 1 aliphatic carbocycles. The molecular formula is C24H26Cl3N5O3. The predicted molar refractivity (Wildman–Crippen MR) is 135 cm³/mol. The summed E-state index contributed by atoms with van der Waals surface area (Å²) in [6, 6.07) is 7.67. The van der Waals surface area contributed by atoms with Crippen molar-refractivity contribution < 1.29 is 14.4 Å². The number of halogens is 3. The summed E-state index contributed by atoms with van der Waals surface area (Å²) in [5.41, 5.74) is 6.56. The van der Waals surface area contributed by atoms with E-state index in [9.17, 15) is 14.4 Å². The van der Waals surface area contributed by atoms with E-state index < -0.39 is 23.9 Å². The number of carbonyl (C=O) groups is 3. The topological polar surface area (TPSA) is 109 Å². The van der Waals surface area contributed by atoms with Gasteiger partial charge in [0.1, 0.15) is 5.15 Å². The van der Waals surface area contributed by atoms with Crippen LogP contribution in [-0.4, -0.2) is 63.8 Å². The lowest BCUT2D eigenvalue weighted by molar-refractivity contribution is -0.133. The Balaban J connectivity index is 1.64. The van der Waals surface area contributed by atoms with Gasteiger partial charge >= 0.3 is 0 Å². The molecular weight excluding hydrogens is 513 g/mol. The SMILES string of the molecule is NC1CCC(NC(=O)C2N(C(=O)c3ccc(Cl)nc3)CCCN2C(=O)c2ccc(Cl)c(Cl)c2)CC1. The van der Waals surface area contributed by atoms with Crippen LogP contribution in [0.15, 0.2) is 36.5 Å². The highest BCUT2D eigenvalue weighted by molar-refractivity contribution is 6.42. The van der Waals surface area contributed by atoms with Crippen molar-refractivity contribution in [1.82, 2.24) is 20.1 Å². The maximum Gasteiger partial charge on any atom is 0.264 e. The molecule has 1 aliphatic heterocycles. The van der Waals surface area contributed by atoms with Crippen LogP contribution in [0.4, 0.5) is 0 Å². The Kier molecular flexibility index (Phi) is 8.16. The Morgan fingerprint density at radius 1 is 0.886 bits per heavy atom. The fraction of sp³-hybridized carbons (Fsp3) is 0.417. The standard InChI is InChI=1S/C24H26Cl3N5O3/c25-18-8-2-14(12-19(18)26)23(34)31-10-1-11-32(24(35)15-3-9-20(27)29-13-15)22(31)21(33)30-17-6-4-16(28)5-7-17/h2-3,8-9,12-13,16-17,22H,1,4-7,10-11,28H2,(H,30,33). The van der Waals surface area contributed by atoms with Crippen LogP contribution in [0.2, 0.25) is 15.2 Å². The average molecular weight is 539 g/mol. The lowest BCUT2D eigenvalue weighted by atomic mass is 9.91. The first-order valence-electron chi connectivity index (χ1n) is 11.5. The maximum absolute atomic E-state index is 13.6. The molecule has 0 bridgehead atoms. The van der Waals surface area contributed by atoms with Gasteiger partial charge in [-0.3, -0.25) is 14.4 Å². The number of benzene rings is 1. The number of hydrogen-bond donors (Lipinski definition) is 2. The molecule has 1 aromatic carbocycles. The van der Waals surface area contributed by atoms with Crippen LogP contribution in [0, 0.1) is 0 Å². The molecule has 1 saturated heterocycles. The van der Waals surface area contributed by atoms with Crippen molar-refractivity contribution in [2.45, 2.75) is 50.4 Å². The number of hydrogen-bond acceptors (Lipinski definition) is 5. The number of aromatic nitrogens is 1. The minimum Gasteiger partial charge on any atom is -0.350 e. The maximum atomic E-state index is 13.6. The zero-order valence-electron chi connectivity index (χ0n) is 18.9. The van der Waals surface area contributed by atoms with Crippen LogP contribution in [0.1, 0.15) is 52.8 Å². The lowest BCUT2D eigenvalue weighted by Gasteiger charge is -2.43. The van der Waals surface area contributed by atoms with E-state index in [0.717, 1.165) is 25.7 Å². The van der Waals surface area contributed by atoms with Gasteiger partial charge in [-0.1, -0.05) is 34.8 Å². The molecule has 1 aromatic heterocycles. The predicted octanol–water partition coefficient (Wildman–Crippen LogP) is 3.74. The van der Waals surface area contributed by atoms with Crippen LogP contribution in [0.25, 0.3) is 0 Å². The smallest absolute Gasteiger partial charge is 0.264 e. The highest BCUT2D eigenvalue weighted by Crippen LogP contribution is 2.26. The molecule has 3 amide bonds. The van der Waals surface area contributed by atoms with Crippen molar-refractivity contribution in [3.8, 4) is 0 Å². The molecule has 186 valence electrons. The van der Waals surface area contributed by atoms with E-state index in [1.165, 1.54) is 34.2 Å². The van der Waals surface area contributed by atoms with Crippen molar-refractivity contribution in [3.63, 3.8) is 0 Å². The highest BCUT2D eigenvalue weighted by Gasteiger charge is 2.41. The summed E-state index contributed by atoms with van der Waals surface area (Å²) in [7, 11) is 0. The minimum absolute atomic E-state index is 0.0692. The lowest BCUT2D eigenvalue weighted by Crippen LogP contribution is -2.64. The first-order chi connectivity index (χ1) is 16.7. The molecule has 1 atom stereocenters. The van der Waals surface area contributed by atoms with E-state index in [2.05, 4.69) is 10.3 Å². The van der Waals surface area contributed by atoms with Crippen molar-refractivity contribution >= 4 is 52.5 Å². The number of nitrogens with zero attached hydrogens (tertiary/aromatic N) is 3. The van der Waals surface area contributed by atoms with E-state index in [1.54, 1.807) is 12.1 Å². The van der Waals surface area contributed by atoms with Gasteiger partial charge in [0.25, 0.3) is 17.7 Å². The summed E-state index contributed by atoms with van der Waals surface area (Å²) in [6.07, 6.45) is 3.83. The average Bonchev–Trinajstić information content (AvgIpc) is 2.86. The third-order valence-corrected chi connectivity index (χ3v) is 7.37.